The molecule has 0 fully saturated rings. The van der Waals surface area contributed by atoms with E-state index in [2.05, 4.69) is 0 Å². The Bertz CT molecular complexity index is 324. The smallest absolute Gasteiger partial charge is 0.171 e. The Kier molecular flexibility index (Phi) is 3.33. The first-order valence-corrected chi connectivity index (χ1v) is 4.27. The van der Waals surface area contributed by atoms with Crippen molar-refractivity contribution < 1.29 is 13.2 Å². The molecule has 0 aliphatic heterocycles. The molecular weight excluding hydrogens is 189 g/mol. The van der Waals surface area contributed by atoms with Gasteiger partial charge in [0, 0.05) is 0 Å². The molecule has 0 radical (unpaired) electrons. The van der Waals surface area contributed by atoms with Crippen LogP contribution in [-0.2, 0) is 0 Å². The Morgan fingerprint density at radius 2 is 2.00 bits per heavy atom. The summed E-state index contributed by atoms with van der Waals surface area (Å²) in [5.74, 6) is 0. The summed E-state index contributed by atoms with van der Waals surface area (Å²) in [5.41, 5.74) is 1.84. The minimum atomic E-state index is -4.11. The van der Waals surface area contributed by atoms with Crippen LogP contribution in [0.5, 0.6) is 0 Å². The van der Waals surface area contributed by atoms with Gasteiger partial charge in [0.15, 0.2) is 0 Å². The predicted molar refractivity (Wildman–Crippen MR) is 50.9 cm³/mol. The molecule has 1 aromatic rings. The van der Waals surface area contributed by atoms with E-state index in [-0.39, 0.29) is 0 Å². The highest BCUT2D eigenvalue weighted by Crippen LogP contribution is 2.20. The zero-order valence-corrected chi connectivity index (χ0v) is 7.81. The van der Waals surface area contributed by atoms with E-state index >= 15 is 0 Å². The maximum Gasteiger partial charge on any atom is 0.392 e. The number of benzene rings is 1. The summed E-state index contributed by atoms with van der Waals surface area (Å²) in [4.78, 5) is 0. The van der Waals surface area contributed by atoms with Crippen LogP contribution >= 0.6 is 0 Å². The van der Waals surface area contributed by atoms with Crippen molar-refractivity contribution in [1.29, 1.82) is 0 Å². The molecule has 0 unspecified atom stereocenters. The van der Waals surface area contributed by atoms with Crippen LogP contribution < -0.4 is 0 Å². The quantitative estimate of drug-likeness (QED) is 0.677. The first kappa shape index (κ1) is 10.8. The third kappa shape index (κ3) is 4.12. The second kappa shape index (κ2) is 4.31. The zero-order chi connectivity index (χ0) is 10.6. The number of alkyl halides is 3. The fourth-order valence-corrected chi connectivity index (χ4v) is 1.10. The van der Waals surface area contributed by atoms with Gasteiger partial charge in [-0.1, -0.05) is 42.0 Å². The van der Waals surface area contributed by atoms with Crippen LogP contribution in [0.25, 0.3) is 6.08 Å². The number of hydrogen-bond acceptors (Lipinski definition) is 0. The maximum atomic E-state index is 11.8. The Hall–Kier alpha value is -1.25. The molecule has 0 atom stereocenters. The lowest BCUT2D eigenvalue weighted by molar-refractivity contribution is -0.124. The molecule has 0 aliphatic rings. The van der Waals surface area contributed by atoms with Crippen LogP contribution in [0, 0.1) is 6.92 Å². The van der Waals surface area contributed by atoms with E-state index in [4.69, 9.17) is 0 Å². The van der Waals surface area contributed by atoms with Crippen molar-refractivity contribution in [1.82, 2.24) is 0 Å². The van der Waals surface area contributed by atoms with Crippen LogP contribution in [0.2, 0.25) is 0 Å². The average molecular weight is 200 g/mol. The number of halogens is 3. The molecule has 3 heteroatoms. The molecule has 0 bridgehead atoms. The lowest BCUT2D eigenvalue weighted by atomic mass is 10.1. The predicted octanol–water partition coefficient (Wildman–Crippen LogP) is 3.96. The molecule has 1 rings (SSSR count). The SMILES string of the molecule is Cc1cccc(/C=C/CC(F)(F)F)c1. The van der Waals surface area contributed by atoms with Crippen molar-refractivity contribution in [2.24, 2.45) is 0 Å². The van der Waals surface area contributed by atoms with Crippen molar-refractivity contribution in [3.05, 3.63) is 41.5 Å². The highest BCUT2D eigenvalue weighted by molar-refractivity contribution is 5.50. The maximum absolute atomic E-state index is 11.8. The summed E-state index contributed by atoms with van der Waals surface area (Å²) >= 11 is 0. The summed E-state index contributed by atoms with van der Waals surface area (Å²) in [7, 11) is 0. The van der Waals surface area contributed by atoms with Crippen molar-refractivity contribution in [3.63, 3.8) is 0 Å². The van der Waals surface area contributed by atoms with Crippen LogP contribution in [0.15, 0.2) is 30.3 Å². The van der Waals surface area contributed by atoms with Crippen molar-refractivity contribution in [2.75, 3.05) is 0 Å². The monoisotopic (exact) mass is 200 g/mol. The molecule has 0 spiro atoms. The molecule has 0 aromatic heterocycles. The van der Waals surface area contributed by atoms with Crippen LogP contribution in [-0.4, -0.2) is 6.18 Å². The van der Waals surface area contributed by atoms with Gasteiger partial charge in [0.25, 0.3) is 0 Å². The number of hydrogen-bond donors (Lipinski definition) is 0. The van der Waals surface area contributed by atoms with Gasteiger partial charge in [-0.15, -0.1) is 0 Å². The number of aryl methyl sites for hydroxylation is 1. The van der Waals surface area contributed by atoms with Gasteiger partial charge in [-0.25, -0.2) is 0 Å². The van der Waals surface area contributed by atoms with Gasteiger partial charge < -0.3 is 0 Å². The largest absolute Gasteiger partial charge is 0.392 e. The summed E-state index contributed by atoms with van der Waals surface area (Å²) < 4.78 is 35.4. The highest BCUT2D eigenvalue weighted by atomic mass is 19.4. The van der Waals surface area contributed by atoms with E-state index in [0.29, 0.717) is 0 Å². The first-order valence-electron chi connectivity index (χ1n) is 4.27. The topological polar surface area (TPSA) is 0 Å². The average Bonchev–Trinajstić information content (AvgIpc) is 2.01. The Balaban J connectivity index is 2.61. The second-order valence-electron chi connectivity index (χ2n) is 3.14. The second-order valence-corrected chi connectivity index (χ2v) is 3.14. The molecule has 14 heavy (non-hydrogen) atoms. The summed E-state index contributed by atoms with van der Waals surface area (Å²) in [6, 6.07) is 7.34. The number of rotatable bonds is 2. The van der Waals surface area contributed by atoms with E-state index in [1.807, 2.05) is 25.1 Å². The van der Waals surface area contributed by atoms with E-state index in [9.17, 15) is 13.2 Å². The van der Waals surface area contributed by atoms with Gasteiger partial charge in [-0.2, -0.15) is 13.2 Å². The van der Waals surface area contributed by atoms with E-state index in [0.717, 1.165) is 17.2 Å². The van der Waals surface area contributed by atoms with Crippen LogP contribution in [0.3, 0.4) is 0 Å². The van der Waals surface area contributed by atoms with Gasteiger partial charge >= 0.3 is 6.18 Å². The Morgan fingerprint density at radius 1 is 1.29 bits per heavy atom. The van der Waals surface area contributed by atoms with Crippen molar-refractivity contribution in [2.45, 2.75) is 19.5 Å². The minimum absolute atomic E-state index is 0.800. The normalized spacial score (nSPS) is 12.3. The molecule has 0 nitrogen and oxygen atoms in total. The van der Waals surface area contributed by atoms with Gasteiger partial charge in [-0.3, -0.25) is 0 Å². The third-order valence-electron chi connectivity index (χ3n) is 1.70. The summed E-state index contributed by atoms with van der Waals surface area (Å²) in [5, 5.41) is 0. The van der Waals surface area contributed by atoms with Crippen LogP contribution in [0.1, 0.15) is 17.5 Å². The van der Waals surface area contributed by atoms with Crippen molar-refractivity contribution in [3.8, 4) is 0 Å². The molecule has 0 saturated carbocycles. The molecule has 0 aliphatic carbocycles. The van der Waals surface area contributed by atoms with E-state index in [1.54, 1.807) is 6.07 Å². The molecule has 0 amide bonds. The molecule has 0 N–H and O–H groups in total. The van der Waals surface area contributed by atoms with Crippen LogP contribution in [0.4, 0.5) is 13.2 Å². The minimum Gasteiger partial charge on any atom is -0.171 e. The molecule has 0 heterocycles. The first-order chi connectivity index (χ1) is 6.47. The third-order valence-corrected chi connectivity index (χ3v) is 1.70. The number of allylic oxidation sites excluding steroid dienone is 1. The Labute approximate surface area is 81.1 Å². The van der Waals surface area contributed by atoms with E-state index in [1.165, 1.54) is 6.08 Å². The fraction of sp³-hybridized carbons (Fsp3) is 0.273. The molecule has 0 saturated heterocycles. The lowest BCUT2D eigenvalue weighted by Gasteiger charge is -2.00. The molecule has 1 aromatic carbocycles. The standard InChI is InChI=1S/C11H11F3/c1-9-4-2-5-10(8-9)6-3-7-11(12,13)14/h2-6,8H,7H2,1H3/b6-3+. The van der Waals surface area contributed by atoms with Crippen molar-refractivity contribution >= 4 is 6.08 Å². The van der Waals surface area contributed by atoms with Gasteiger partial charge in [0.2, 0.25) is 0 Å². The zero-order valence-electron chi connectivity index (χ0n) is 7.81. The van der Waals surface area contributed by atoms with Gasteiger partial charge in [0.1, 0.15) is 0 Å². The molecule has 76 valence electrons. The van der Waals surface area contributed by atoms with Gasteiger partial charge in [-0.05, 0) is 12.5 Å². The fourth-order valence-electron chi connectivity index (χ4n) is 1.10. The highest BCUT2D eigenvalue weighted by Gasteiger charge is 2.24. The summed E-state index contributed by atoms with van der Waals surface area (Å²) in [6.07, 6.45) is -2.36. The summed E-state index contributed by atoms with van der Waals surface area (Å²) in [6.45, 7) is 1.90. The van der Waals surface area contributed by atoms with Gasteiger partial charge in [0.05, 0.1) is 6.42 Å². The Morgan fingerprint density at radius 3 is 2.57 bits per heavy atom. The van der Waals surface area contributed by atoms with E-state index < -0.39 is 12.6 Å². The lowest BCUT2D eigenvalue weighted by Crippen LogP contribution is -2.03. The molecular formula is C11H11F3.